The highest BCUT2D eigenvalue weighted by Gasteiger charge is 2.53. The lowest BCUT2D eigenvalue weighted by Crippen LogP contribution is -2.59. The van der Waals surface area contributed by atoms with Crippen molar-refractivity contribution in [2.45, 2.75) is 19.1 Å². The zero-order chi connectivity index (χ0) is 27.5. The fourth-order valence-corrected chi connectivity index (χ4v) is 5.60. The summed E-state index contributed by atoms with van der Waals surface area (Å²) in [7, 11) is 1.80. The van der Waals surface area contributed by atoms with E-state index in [1.165, 1.54) is 34.8 Å². The first kappa shape index (κ1) is 24.8. The summed E-state index contributed by atoms with van der Waals surface area (Å²) < 4.78 is 31.0. The summed E-state index contributed by atoms with van der Waals surface area (Å²) in [6.45, 7) is 2.22. The van der Waals surface area contributed by atoms with Crippen LogP contribution in [0.5, 0.6) is 0 Å². The number of carbonyl (C=O) groups excluding carboxylic acids is 1. The quantitative estimate of drug-likeness (QED) is 0.401. The molecule has 0 radical (unpaired) electrons. The Morgan fingerprint density at radius 1 is 1.21 bits per heavy atom. The largest absolute Gasteiger partial charge is 0.380 e. The van der Waals surface area contributed by atoms with E-state index in [1.54, 1.807) is 30.1 Å². The van der Waals surface area contributed by atoms with Crippen molar-refractivity contribution >= 4 is 17.5 Å². The van der Waals surface area contributed by atoms with Crippen molar-refractivity contribution in [2.24, 2.45) is 5.41 Å². The number of nitrogens with zero attached hydrogens (tertiary/aromatic N) is 7. The average molecular weight is 531 g/mol. The number of aromatic nitrogens is 4. The number of benzene rings is 2. The van der Waals surface area contributed by atoms with Gasteiger partial charge in [-0.1, -0.05) is 18.2 Å². The molecule has 39 heavy (non-hydrogen) atoms. The molecule has 6 rings (SSSR count). The van der Waals surface area contributed by atoms with E-state index in [9.17, 15) is 14.3 Å². The van der Waals surface area contributed by atoms with Gasteiger partial charge in [0.1, 0.15) is 23.8 Å². The van der Waals surface area contributed by atoms with Crippen LogP contribution < -0.4 is 5.73 Å². The molecule has 1 amide bonds. The van der Waals surface area contributed by atoms with Gasteiger partial charge < -0.3 is 15.7 Å². The lowest BCUT2D eigenvalue weighted by molar-refractivity contribution is -0.144. The van der Waals surface area contributed by atoms with E-state index in [4.69, 9.17) is 11.0 Å². The molecular weight excluding hydrogens is 506 g/mol. The number of nitrogens with two attached hydrogens (primary N) is 1. The number of fused-ring (bicyclic) bond motifs is 1. The first-order valence-electron chi connectivity index (χ1n) is 12.4. The summed E-state index contributed by atoms with van der Waals surface area (Å²) in [4.78, 5) is 24.9. The summed E-state index contributed by atoms with van der Waals surface area (Å²) in [5.41, 5.74) is 6.49. The van der Waals surface area contributed by atoms with Gasteiger partial charge in [-0.05, 0) is 30.2 Å². The van der Waals surface area contributed by atoms with Crippen LogP contribution in [0, 0.1) is 28.4 Å². The molecule has 2 fully saturated rings. The molecule has 12 heteroatoms. The number of nitrogen functional groups attached to an aromatic ring is 1. The third-order valence-electron chi connectivity index (χ3n) is 7.60. The zero-order valence-electron chi connectivity index (χ0n) is 21.0. The van der Waals surface area contributed by atoms with Gasteiger partial charge in [-0.2, -0.15) is 9.78 Å². The molecule has 0 bridgehead atoms. The molecule has 4 aromatic rings. The Labute approximate surface area is 221 Å². The predicted molar refractivity (Wildman–Crippen MR) is 136 cm³/mol. The van der Waals surface area contributed by atoms with Gasteiger partial charge in [-0.15, -0.1) is 5.10 Å². The van der Waals surface area contributed by atoms with E-state index in [1.807, 2.05) is 0 Å². The molecule has 0 aliphatic carbocycles. The Morgan fingerprint density at radius 3 is 2.69 bits per heavy atom. The summed E-state index contributed by atoms with van der Waals surface area (Å²) in [6, 6.07) is 12.1. The van der Waals surface area contributed by atoms with Crippen molar-refractivity contribution in [2.75, 3.05) is 32.4 Å². The number of halogens is 2. The maximum atomic E-state index is 15.1. The predicted octanol–water partition coefficient (Wildman–Crippen LogP) is 2.27. The number of rotatable bonds is 5. The number of aliphatic hydroxyl groups excluding tert-OH is 1. The molecular formula is C27H24F2N8O2. The molecule has 0 saturated carbocycles. The van der Waals surface area contributed by atoms with Gasteiger partial charge in [-0.3, -0.25) is 9.69 Å². The van der Waals surface area contributed by atoms with Crippen LogP contribution in [0.2, 0.25) is 0 Å². The van der Waals surface area contributed by atoms with Crippen LogP contribution in [-0.4, -0.2) is 67.1 Å². The molecule has 10 nitrogen and oxygen atoms in total. The van der Waals surface area contributed by atoms with Crippen molar-refractivity contribution in [3.8, 4) is 17.3 Å². The molecule has 198 valence electrons. The van der Waals surface area contributed by atoms with E-state index in [0.29, 0.717) is 25.2 Å². The van der Waals surface area contributed by atoms with E-state index in [0.717, 1.165) is 13.0 Å². The average Bonchev–Trinajstić information content (AvgIpc) is 3.46. The molecule has 2 aliphatic rings. The topological polar surface area (TPSA) is 137 Å². The highest BCUT2D eigenvalue weighted by atomic mass is 19.1. The smallest absolute Gasteiger partial charge is 0.231 e. The van der Waals surface area contributed by atoms with Gasteiger partial charge in [0.15, 0.2) is 11.5 Å². The zero-order valence-corrected chi connectivity index (χ0v) is 21.0. The Balaban J connectivity index is 1.30. The van der Waals surface area contributed by atoms with Crippen LogP contribution >= 0.6 is 0 Å². The molecule has 3 N–H and O–H groups in total. The molecule has 1 unspecified atom stereocenters. The number of hydrogen-bond donors (Lipinski definition) is 2. The van der Waals surface area contributed by atoms with Crippen molar-refractivity contribution in [1.29, 1.82) is 5.26 Å². The van der Waals surface area contributed by atoms with Crippen LogP contribution in [0.1, 0.15) is 35.0 Å². The lowest BCUT2D eigenvalue weighted by atomic mass is 9.78. The fourth-order valence-electron chi connectivity index (χ4n) is 5.60. The second-order valence-electron chi connectivity index (χ2n) is 10.1. The van der Waals surface area contributed by atoms with Crippen molar-refractivity contribution in [3.63, 3.8) is 0 Å². The van der Waals surface area contributed by atoms with Crippen LogP contribution in [0.4, 0.5) is 14.7 Å². The molecule has 2 aromatic carbocycles. The van der Waals surface area contributed by atoms with Crippen LogP contribution in [0.15, 0.2) is 42.5 Å². The summed E-state index contributed by atoms with van der Waals surface area (Å²) >= 11 is 0. The number of carbonyl (C=O) groups is 1. The number of aliphatic hydroxyl groups is 1. The molecule has 2 saturated heterocycles. The van der Waals surface area contributed by atoms with Gasteiger partial charge in [0.2, 0.25) is 11.9 Å². The highest BCUT2D eigenvalue weighted by Crippen LogP contribution is 2.41. The maximum Gasteiger partial charge on any atom is 0.231 e. The second-order valence-corrected chi connectivity index (χ2v) is 10.1. The monoisotopic (exact) mass is 530 g/mol. The second kappa shape index (κ2) is 9.07. The Morgan fingerprint density at radius 2 is 1.97 bits per heavy atom. The number of hydrogen-bond acceptors (Lipinski definition) is 8. The molecule has 1 atom stereocenters. The van der Waals surface area contributed by atoms with Gasteiger partial charge in [0.25, 0.3) is 0 Å². The maximum absolute atomic E-state index is 15.1. The third kappa shape index (κ3) is 3.98. The van der Waals surface area contributed by atoms with E-state index in [-0.39, 0.29) is 51.1 Å². The first-order chi connectivity index (χ1) is 18.7. The summed E-state index contributed by atoms with van der Waals surface area (Å²) in [5, 5.41) is 24.6. The van der Waals surface area contributed by atoms with Gasteiger partial charge in [-0.25, -0.2) is 18.7 Å². The van der Waals surface area contributed by atoms with Crippen LogP contribution in [0.3, 0.4) is 0 Å². The normalized spacial score (nSPS) is 17.5. The molecule has 1 spiro atoms. The van der Waals surface area contributed by atoms with Gasteiger partial charge >= 0.3 is 0 Å². The van der Waals surface area contributed by atoms with Crippen molar-refractivity contribution in [3.05, 3.63) is 76.6 Å². The summed E-state index contributed by atoms with van der Waals surface area (Å²) in [6.07, 6.45) is -0.720. The summed E-state index contributed by atoms with van der Waals surface area (Å²) in [5.74, 6) is -1.46. The minimum absolute atomic E-state index is 0.0312. The molecule has 2 aromatic heterocycles. The SMILES string of the molecule is CN1CCC2(CN(Cc3cccc(F)c3C(O)c3nc4cc(-c5cccc(C#N)c5F)nc(N)n4n3)C2)C1=O. The van der Waals surface area contributed by atoms with Crippen molar-refractivity contribution in [1.82, 2.24) is 29.4 Å². The van der Waals surface area contributed by atoms with Crippen LogP contribution in [0.25, 0.3) is 16.9 Å². The van der Waals surface area contributed by atoms with E-state index >= 15 is 4.39 Å². The highest BCUT2D eigenvalue weighted by molar-refractivity contribution is 5.86. The third-order valence-corrected chi connectivity index (χ3v) is 7.60. The lowest BCUT2D eigenvalue weighted by Gasteiger charge is -2.46. The standard InChI is InChI=1S/C27H24F2N8O2/c1-35-9-8-27(25(35)39)13-36(14-27)12-16-5-3-7-18(28)21(16)23(38)24-33-20-10-19(32-26(31)37(20)34-24)17-6-2-4-15(11-30)22(17)29/h2-7,10,23,38H,8-9,12-14H2,1H3,(H2,31,32). The molecule has 4 heterocycles. The molecule has 2 aliphatic heterocycles. The number of nitriles is 1. The number of anilines is 1. The number of amides is 1. The Bertz CT molecular complexity index is 1670. The van der Waals surface area contributed by atoms with E-state index in [2.05, 4.69) is 20.0 Å². The van der Waals surface area contributed by atoms with Crippen molar-refractivity contribution < 1.29 is 18.7 Å². The van der Waals surface area contributed by atoms with Gasteiger partial charge in [0.05, 0.1) is 16.7 Å². The van der Waals surface area contributed by atoms with Gasteiger partial charge in [0, 0.05) is 50.4 Å². The Hall–Kier alpha value is -4.47. The Kier molecular flexibility index (Phi) is 5.78. The van der Waals surface area contributed by atoms with E-state index < -0.39 is 17.7 Å². The van der Waals surface area contributed by atoms with Crippen LogP contribution in [-0.2, 0) is 11.3 Å². The first-order valence-corrected chi connectivity index (χ1v) is 12.4. The minimum Gasteiger partial charge on any atom is -0.380 e. The number of likely N-dealkylation sites (tertiary alicyclic amines) is 2. The fraction of sp³-hybridized carbons (Fsp3) is 0.296. The minimum atomic E-state index is -1.52.